The molecule has 0 heterocycles. The number of hydrogen-bond acceptors (Lipinski definition) is 6. The van der Waals surface area contributed by atoms with Gasteiger partial charge in [-0.25, -0.2) is 9.59 Å². The van der Waals surface area contributed by atoms with Crippen LogP contribution >= 0.6 is 0 Å². The molecule has 0 radical (unpaired) electrons. The molecule has 0 aliphatic heterocycles. The minimum absolute atomic E-state index is 0.0902. The van der Waals surface area contributed by atoms with Gasteiger partial charge in [-0.3, -0.25) is 4.79 Å². The van der Waals surface area contributed by atoms with Crippen molar-refractivity contribution in [1.29, 1.82) is 0 Å². The lowest BCUT2D eigenvalue weighted by Crippen LogP contribution is -2.45. The van der Waals surface area contributed by atoms with Gasteiger partial charge in [0.25, 0.3) is 0 Å². The number of fused-ring (bicyclic) bond motifs is 2. The van der Waals surface area contributed by atoms with Crippen LogP contribution in [-0.2, 0) is 32.1 Å². The molecule has 0 aliphatic rings. The Morgan fingerprint density at radius 3 is 2.11 bits per heavy atom. The van der Waals surface area contributed by atoms with Gasteiger partial charge in [-0.2, -0.15) is 0 Å². The van der Waals surface area contributed by atoms with Crippen molar-refractivity contribution in [3.8, 4) is 0 Å². The molecule has 4 aromatic carbocycles. The second kappa shape index (κ2) is 12.7. The van der Waals surface area contributed by atoms with Crippen molar-refractivity contribution in [2.45, 2.75) is 31.6 Å². The summed E-state index contributed by atoms with van der Waals surface area (Å²) in [5.74, 6) is -1.13. The lowest BCUT2D eigenvalue weighted by atomic mass is 9.92. The van der Waals surface area contributed by atoms with Gasteiger partial charge in [-0.15, -0.1) is 0 Å². The number of aliphatic hydroxyl groups is 1. The summed E-state index contributed by atoms with van der Waals surface area (Å²) >= 11 is 0. The molecule has 196 valence electrons. The summed E-state index contributed by atoms with van der Waals surface area (Å²) in [6.45, 7) is -0.0925. The number of amides is 2. The highest BCUT2D eigenvalue weighted by atomic mass is 16.5. The average Bonchev–Trinajstić information content (AvgIpc) is 2.94. The molecule has 4 rings (SSSR count). The Kier molecular flexibility index (Phi) is 8.89. The Balaban J connectivity index is 1.38. The maximum absolute atomic E-state index is 12.7. The maximum Gasteiger partial charge on any atom is 0.407 e. The van der Waals surface area contributed by atoms with Gasteiger partial charge in [0.15, 0.2) is 0 Å². The highest BCUT2D eigenvalue weighted by Gasteiger charge is 2.25. The zero-order valence-electron chi connectivity index (χ0n) is 21.1. The Morgan fingerprint density at radius 2 is 1.47 bits per heavy atom. The second-order valence-electron chi connectivity index (χ2n) is 8.95. The van der Waals surface area contributed by atoms with Crippen molar-refractivity contribution in [1.82, 2.24) is 10.6 Å². The van der Waals surface area contributed by atoms with E-state index in [-0.39, 0.29) is 26.0 Å². The zero-order valence-corrected chi connectivity index (χ0v) is 21.1. The number of alkyl carbamates (subject to hydrolysis) is 1. The number of benzene rings is 4. The minimum atomic E-state index is -1.17. The molecule has 0 spiro atoms. The smallest absolute Gasteiger partial charge is 0.407 e. The van der Waals surface area contributed by atoms with Gasteiger partial charge < -0.3 is 25.2 Å². The molecule has 0 bridgehead atoms. The van der Waals surface area contributed by atoms with Crippen molar-refractivity contribution >= 4 is 39.5 Å². The van der Waals surface area contributed by atoms with Gasteiger partial charge >= 0.3 is 12.1 Å². The topological polar surface area (TPSA) is 114 Å². The highest BCUT2D eigenvalue weighted by Crippen LogP contribution is 2.29. The molecule has 8 heteroatoms. The van der Waals surface area contributed by atoms with Crippen LogP contribution in [0.4, 0.5) is 4.79 Å². The van der Waals surface area contributed by atoms with E-state index in [0.29, 0.717) is 0 Å². The molecular weight excluding hydrogens is 484 g/mol. The van der Waals surface area contributed by atoms with Gasteiger partial charge in [-0.05, 0) is 38.7 Å². The molecular formula is C30H30N2O6. The van der Waals surface area contributed by atoms with Gasteiger partial charge in [-0.1, -0.05) is 78.9 Å². The van der Waals surface area contributed by atoms with Crippen LogP contribution in [0, 0.1) is 0 Å². The Morgan fingerprint density at radius 1 is 0.868 bits per heavy atom. The quantitative estimate of drug-likeness (QED) is 0.219. The van der Waals surface area contributed by atoms with Crippen LogP contribution in [0.15, 0.2) is 84.9 Å². The van der Waals surface area contributed by atoms with Gasteiger partial charge in [0.05, 0.1) is 19.6 Å². The standard InChI is InChI=1S/C30H30N2O6/c1-37-29(35)27(17-26-24-13-7-5-11-21(24)15-22-12-6-8-14-25(22)26)32-28(34)16-23(33)18-31-30(36)38-19-20-9-3-2-4-10-20/h2-15,23,27,33H,16-19H2,1H3,(H,31,36)(H,32,34)/t23-,27-/m1/s1. The molecule has 0 saturated heterocycles. The van der Waals surface area contributed by atoms with Crippen LogP contribution in [0.5, 0.6) is 0 Å². The molecule has 0 fully saturated rings. The number of hydrogen-bond donors (Lipinski definition) is 3. The summed E-state index contributed by atoms with van der Waals surface area (Å²) < 4.78 is 10.1. The van der Waals surface area contributed by atoms with E-state index in [2.05, 4.69) is 16.7 Å². The Hall–Kier alpha value is -4.43. The predicted molar refractivity (Wildman–Crippen MR) is 144 cm³/mol. The summed E-state index contributed by atoms with van der Waals surface area (Å²) in [6.07, 6.45) is -1.98. The summed E-state index contributed by atoms with van der Waals surface area (Å²) in [5, 5.41) is 19.4. The lowest BCUT2D eigenvalue weighted by molar-refractivity contribution is -0.145. The van der Waals surface area contributed by atoms with Gasteiger partial charge in [0.1, 0.15) is 12.6 Å². The van der Waals surface area contributed by atoms with E-state index in [0.717, 1.165) is 32.7 Å². The van der Waals surface area contributed by atoms with E-state index in [1.54, 1.807) is 0 Å². The summed E-state index contributed by atoms with van der Waals surface area (Å²) in [6, 6.07) is 26.1. The number of carbonyl (C=O) groups is 3. The summed E-state index contributed by atoms with van der Waals surface area (Å²) in [7, 11) is 1.27. The first-order valence-electron chi connectivity index (χ1n) is 12.3. The van der Waals surface area contributed by atoms with E-state index >= 15 is 0 Å². The normalized spacial score (nSPS) is 12.5. The second-order valence-corrected chi connectivity index (χ2v) is 8.95. The van der Waals surface area contributed by atoms with Crippen molar-refractivity contribution in [3.63, 3.8) is 0 Å². The predicted octanol–water partition coefficient (Wildman–Crippen LogP) is 3.87. The fourth-order valence-corrected chi connectivity index (χ4v) is 4.38. The fraction of sp³-hybridized carbons (Fsp3) is 0.233. The van der Waals surface area contributed by atoms with Crippen molar-refractivity contribution in [2.75, 3.05) is 13.7 Å². The Bertz CT molecular complexity index is 1370. The number of aliphatic hydroxyl groups excluding tert-OH is 1. The van der Waals surface area contributed by atoms with E-state index in [1.165, 1.54) is 7.11 Å². The number of nitrogens with one attached hydrogen (secondary N) is 2. The van der Waals surface area contributed by atoms with E-state index in [9.17, 15) is 19.5 Å². The van der Waals surface area contributed by atoms with Crippen LogP contribution in [0.2, 0.25) is 0 Å². The third-order valence-electron chi connectivity index (χ3n) is 6.23. The number of rotatable bonds is 10. The first-order chi connectivity index (χ1) is 18.4. The summed E-state index contributed by atoms with van der Waals surface area (Å²) in [4.78, 5) is 37.3. The summed E-state index contributed by atoms with van der Waals surface area (Å²) in [5.41, 5.74) is 1.74. The first kappa shape index (κ1) is 26.6. The van der Waals surface area contributed by atoms with Crippen molar-refractivity contribution in [3.05, 3.63) is 96.1 Å². The minimum Gasteiger partial charge on any atom is -0.467 e. The van der Waals surface area contributed by atoms with Crippen LogP contribution < -0.4 is 10.6 Å². The number of esters is 1. The van der Waals surface area contributed by atoms with Crippen LogP contribution in [0.1, 0.15) is 17.5 Å². The molecule has 0 aromatic heterocycles. The molecule has 0 unspecified atom stereocenters. The first-order valence-corrected chi connectivity index (χ1v) is 12.3. The van der Waals surface area contributed by atoms with Crippen molar-refractivity contribution in [2.24, 2.45) is 0 Å². The van der Waals surface area contributed by atoms with Crippen LogP contribution in [0.25, 0.3) is 21.5 Å². The van der Waals surface area contributed by atoms with E-state index < -0.39 is 30.1 Å². The number of methoxy groups -OCH3 is 1. The van der Waals surface area contributed by atoms with Crippen LogP contribution in [0.3, 0.4) is 0 Å². The lowest BCUT2D eigenvalue weighted by Gasteiger charge is -2.20. The molecule has 2 amide bonds. The van der Waals surface area contributed by atoms with Crippen LogP contribution in [-0.4, -0.2) is 48.9 Å². The average molecular weight is 515 g/mol. The molecule has 0 aliphatic carbocycles. The fourth-order valence-electron chi connectivity index (χ4n) is 4.38. The monoisotopic (exact) mass is 514 g/mol. The maximum atomic E-state index is 12.7. The zero-order chi connectivity index (χ0) is 26.9. The Labute approximate surface area is 220 Å². The number of carbonyl (C=O) groups excluding carboxylic acids is 3. The highest BCUT2D eigenvalue weighted by molar-refractivity contribution is 6.02. The van der Waals surface area contributed by atoms with E-state index in [4.69, 9.17) is 9.47 Å². The number of ether oxygens (including phenoxy) is 2. The van der Waals surface area contributed by atoms with Gasteiger partial charge in [0.2, 0.25) is 5.91 Å². The molecule has 3 N–H and O–H groups in total. The molecule has 4 aromatic rings. The van der Waals surface area contributed by atoms with Gasteiger partial charge in [0, 0.05) is 13.0 Å². The third-order valence-corrected chi connectivity index (χ3v) is 6.23. The molecule has 8 nitrogen and oxygen atoms in total. The molecule has 0 saturated carbocycles. The third kappa shape index (κ3) is 6.86. The van der Waals surface area contributed by atoms with E-state index in [1.807, 2.05) is 78.9 Å². The molecule has 2 atom stereocenters. The SMILES string of the molecule is COC(=O)[C@@H](Cc1c2ccccc2cc2ccccc12)NC(=O)C[C@@H](O)CNC(=O)OCc1ccccc1. The molecule has 38 heavy (non-hydrogen) atoms. The largest absolute Gasteiger partial charge is 0.467 e. The van der Waals surface area contributed by atoms with Crippen molar-refractivity contribution < 1.29 is 29.0 Å².